The van der Waals surface area contributed by atoms with E-state index in [1.165, 1.54) is 20.3 Å². The Morgan fingerprint density at radius 1 is 1.23 bits per heavy atom. The highest BCUT2D eigenvalue weighted by atomic mass is 16.5. The van der Waals surface area contributed by atoms with Crippen molar-refractivity contribution in [2.24, 2.45) is 0 Å². The monoisotopic (exact) mass is 362 g/mol. The summed E-state index contributed by atoms with van der Waals surface area (Å²) in [4.78, 5) is 24.1. The maximum atomic E-state index is 12.2. The number of hydrogen-bond donors (Lipinski definition) is 2. The predicted octanol–water partition coefficient (Wildman–Crippen LogP) is 1.18. The number of anilines is 1. The molecule has 2 rings (SSSR count). The molecule has 0 saturated carbocycles. The molecule has 0 saturated heterocycles. The molecule has 140 valence electrons. The predicted molar refractivity (Wildman–Crippen MR) is 96.2 cm³/mol. The number of carbonyl (C=O) groups is 1. The van der Waals surface area contributed by atoms with Gasteiger partial charge in [-0.1, -0.05) is 0 Å². The summed E-state index contributed by atoms with van der Waals surface area (Å²) in [5.41, 5.74) is 0.678. The Bertz CT molecular complexity index is 831. The van der Waals surface area contributed by atoms with Crippen molar-refractivity contribution in [3.05, 3.63) is 46.4 Å². The second-order valence-electron chi connectivity index (χ2n) is 5.41. The van der Waals surface area contributed by atoms with Gasteiger partial charge in [0.15, 0.2) is 12.4 Å². The van der Waals surface area contributed by atoms with Gasteiger partial charge in [-0.3, -0.25) is 9.59 Å². The third kappa shape index (κ3) is 4.54. The second kappa shape index (κ2) is 8.91. The molecule has 0 fully saturated rings. The first-order chi connectivity index (χ1) is 12.5. The van der Waals surface area contributed by atoms with Gasteiger partial charge in [0.1, 0.15) is 11.5 Å². The van der Waals surface area contributed by atoms with Gasteiger partial charge in [0.05, 0.1) is 32.2 Å². The Morgan fingerprint density at radius 3 is 2.65 bits per heavy atom. The summed E-state index contributed by atoms with van der Waals surface area (Å²) in [6.45, 7) is 1.61. The van der Waals surface area contributed by atoms with Crippen LogP contribution in [0.1, 0.15) is 5.69 Å². The lowest BCUT2D eigenvalue weighted by Crippen LogP contribution is -2.24. The van der Waals surface area contributed by atoms with Crippen molar-refractivity contribution < 1.29 is 24.1 Å². The number of aliphatic hydroxyl groups is 1. The number of pyridine rings is 1. The lowest BCUT2D eigenvalue weighted by molar-refractivity contribution is -0.118. The van der Waals surface area contributed by atoms with Crippen LogP contribution < -0.4 is 25.0 Å². The third-order valence-corrected chi connectivity index (χ3v) is 3.76. The molecule has 0 aliphatic rings. The van der Waals surface area contributed by atoms with E-state index in [1.807, 2.05) is 0 Å². The first-order valence-electron chi connectivity index (χ1n) is 7.95. The molecular formula is C18H22N2O6. The molecule has 2 aromatic rings. The molecule has 0 aliphatic heterocycles. The molecule has 0 unspecified atom stereocenters. The summed E-state index contributed by atoms with van der Waals surface area (Å²) in [5, 5.41) is 11.7. The number of nitrogens with zero attached hydrogens (tertiary/aromatic N) is 1. The van der Waals surface area contributed by atoms with E-state index in [0.29, 0.717) is 29.4 Å². The highest BCUT2D eigenvalue weighted by Crippen LogP contribution is 2.28. The molecule has 0 bridgehead atoms. The van der Waals surface area contributed by atoms with Crippen LogP contribution in [-0.4, -0.2) is 43.0 Å². The average Bonchev–Trinajstić information content (AvgIpc) is 2.64. The van der Waals surface area contributed by atoms with Gasteiger partial charge in [-0.2, -0.15) is 0 Å². The maximum absolute atomic E-state index is 12.2. The lowest BCUT2D eigenvalue weighted by Gasteiger charge is -2.14. The second-order valence-corrected chi connectivity index (χ2v) is 5.41. The van der Waals surface area contributed by atoms with E-state index in [0.717, 1.165) is 0 Å². The molecule has 1 heterocycles. The first-order valence-corrected chi connectivity index (χ1v) is 7.95. The third-order valence-electron chi connectivity index (χ3n) is 3.76. The minimum absolute atomic E-state index is 0.0686. The molecule has 8 heteroatoms. The number of aromatic nitrogens is 1. The summed E-state index contributed by atoms with van der Waals surface area (Å²) in [6.07, 6.45) is 1.57. The van der Waals surface area contributed by atoms with Gasteiger partial charge in [-0.15, -0.1) is 0 Å². The van der Waals surface area contributed by atoms with Crippen LogP contribution in [0.2, 0.25) is 0 Å². The lowest BCUT2D eigenvalue weighted by atomic mass is 10.2. The fourth-order valence-corrected chi connectivity index (χ4v) is 2.41. The Kier molecular flexibility index (Phi) is 6.62. The zero-order chi connectivity index (χ0) is 19.1. The number of nitrogens with one attached hydrogen (secondary N) is 1. The summed E-state index contributed by atoms with van der Waals surface area (Å²) < 4.78 is 17.4. The molecule has 1 aromatic carbocycles. The smallest absolute Gasteiger partial charge is 0.262 e. The van der Waals surface area contributed by atoms with E-state index in [4.69, 9.17) is 19.3 Å². The van der Waals surface area contributed by atoms with Gasteiger partial charge in [0.2, 0.25) is 5.43 Å². The van der Waals surface area contributed by atoms with Gasteiger partial charge in [-0.05, 0) is 19.1 Å². The van der Waals surface area contributed by atoms with Crippen LogP contribution >= 0.6 is 0 Å². The Labute approximate surface area is 150 Å². The van der Waals surface area contributed by atoms with E-state index in [2.05, 4.69) is 5.32 Å². The van der Waals surface area contributed by atoms with Crippen LogP contribution in [0.5, 0.6) is 17.2 Å². The van der Waals surface area contributed by atoms with Crippen molar-refractivity contribution in [1.29, 1.82) is 0 Å². The van der Waals surface area contributed by atoms with E-state index in [1.54, 1.807) is 35.9 Å². The molecule has 0 atom stereocenters. The largest absolute Gasteiger partial charge is 0.497 e. The van der Waals surface area contributed by atoms with Crippen molar-refractivity contribution in [1.82, 2.24) is 4.57 Å². The van der Waals surface area contributed by atoms with Crippen LogP contribution in [0.4, 0.5) is 5.69 Å². The van der Waals surface area contributed by atoms with E-state index >= 15 is 0 Å². The quantitative estimate of drug-likeness (QED) is 0.732. The zero-order valence-electron chi connectivity index (χ0n) is 14.9. The van der Waals surface area contributed by atoms with Gasteiger partial charge in [-0.25, -0.2) is 0 Å². The van der Waals surface area contributed by atoms with Crippen LogP contribution in [0.15, 0.2) is 35.3 Å². The topological polar surface area (TPSA) is 99.0 Å². The average molecular weight is 362 g/mol. The summed E-state index contributed by atoms with van der Waals surface area (Å²) in [7, 11) is 3.02. The van der Waals surface area contributed by atoms with Crippen LogP contribution in [0, 0.1) is 6.92 Å². The van der Waals surface area contributed by atoms with E-state index < -0.39 is 5.91 Å². The zero-order valence-corrected chi connectivity index (χ0v) is 14.9. The van der Waals surface area contributed by atoms with Gasteiger partial charge < -0.3 is 29.2 Å². The van der Waals surface area contributed by atoms with Gasteiger partial charge >= 0.3 is 0 Å². The number of ether oxygens (including phenoxy) is 3. The minimum atomic E-state index is -0.440. The van der Waals surface area contributed by atoms with Crippen molar-refractivity contribution in [2.75, 3.05) is 32.8 Å². The van der Waals surface area contributed by atoms with Crippen LogP contribution in [0.3, 0.4) is 0 Å². The summed E-state index contributed by atoms with van der Waals surface area (Å²) >= 11 is 0. The first kappa shape index (κ1) is 19.3. The van der Waals surface area contributed by atoms with Crippen molar-refractivity contribution in [2.45, 2.75) is 13.5 Å². The molecule has 8 nitrogen and oxygen atoms in total. The molecule has 0 radical (unpaired) electrons. The summed E-state index contributed by atoms with van der Waals surface area (Å²) in [6, 6.07) is 6.32. The fourth-order valence-electron chi connectivity index (χ4n) is 2.41. The SMILES string of the molecule is COc1ccc(NC(=O)COc2c(C)n(CCO)ccc2=O)c(OC)c1. The number of aliphatic hydroxyl groups excluding tert-OH is 1. The number of carbonyl (C=O) groups excluding carboxylic acids is 1. The molecule has 26 heavy (non-hydrogen) atoms. The minimum Gasteiger partial charge on any atom is -0.497 e. The normalized spacial score (nSPS) is 10.3. The molecule has 2 N–H and O–H groups in total. The molecule has 1 amide bonds. The van der Waals surface area contributed by atoms with E-state index in [9.17, 15) is 9.59 Å². The molecular weight excluding hydrogens is 340 g/mol. The Balaban J connectivity index is 2.08. The van der Waals surface area contributed by atoms with Crippen molar-refractivity contribution in [3.63, 3.8) is 0 Å². The fraction of sp³-hybridized carbons (Fsp3) is 0.333. The van der Waals surface area contributed by atoms with E-state index in [-0.39, 0.29) is 24.4 Å². The Hall–Kier alpha value is -3.00. The van der Waals surface area contributed by atoms with Crippen LogP contribution in [-0.2, 0) is 11.3 Å². The van der Waals surface area contributed by atoms with Crippen molar-refractivity contribution >= 4 is 11.6 Å². The number of benzene rings is 1. The Morgan fingerprint density at radius 2 is 2.00 bits per heavy atom. The number of rotatable bonds is 8. The highest BCUT2D eigenvalue weighted by molar-refractivity contribution is 5.93. The van der Waals surface area contributed by atoms with Crippen LogP contribution in [0.25, 0.3) is 0 Å². The molecule has 1 aromatic heterocycles. The maximum Gasteiger partial charge on any atom is 0.262 e. The van der Waals surface area contributed by atoms with Gasteiger partial charge in [0.25, 0.3) is 5.91 Å². The standard InChI is InChI=1S/C18H22N2O6/c1-12-18(15(22)6-7-20(12)8-9-21)26-11-17(23)19-14-5-4-13(24-2)10-16(14)25-3/h4-7,10,21H,8-9,11H2,1-3H3,(H,19,23). The molecule has 0 spiro atoms. The van der Waals surface area contributed by atoms with Crippen molar-refractivity contribution in [3.8, 4) is 17.2 Å². The number of hydrogen-bond acceptors (Lipinski definition) is 6. The number of methoxy groups -OCH3 is 2. The number of amides is 1. The molecule has 0 aliphatic carbocycles. The summed E-state index contributed by atoms with van der Waals surface area (Å²) in [5.74, 6) is 0.682. The highest BCUT2D eigenvalue weighted by Gasteiger charge is 2.13. The van der Waals surface area contributed by atoms with Gasteiger partial charge in [0, 0.05) is 24.9 Å².